The van der Waals surface area contributed by atoms with E-state index in [9.17, 15) is 9.59 Å². The number of pyridine rings is 1. The van der Waals surface area contributed by atoms with E-state index in [0.717, 1.165) is 11.3 Å². The molecule has 0 unspecified atom stereocenters. The monoisotopic (exact) mass is 378 g/mol. The number of fused-ring (bicyclic) bond motifs is 1. The average molecular weight is 378 g/mol. The second-order valence-corrected chi connectivity index (χ2v) is 6.45. The largest absolute Gasteiger partial charge is 0.490 e. The Balaban J connectivity index is 1.61. The summed E-state index contributed by atoms with van der Waals surface area (Å²) in [6.45, 7) is 1.62. The molecule has 144 valence electrons. The van der Waals surface area contributed by atoms with Gasteiger partial charge < -0.3 is 14.5 Å². The Kier molecular flexibility index (Phi) is 6.58. The predicted molar refractivity (Wildman–Crippen MR) is 103 cm³/mol. The van der Waals surface area contributed by atoms with Crippen molar-refractivity contribution in [1.82, 2.24) is 9.88 Å². The molecule has 28 heavy (non-hydrogen) atoms. The Labute approximate surface area is 164 Å². The van der Waals surface area contributed by atoms with E-state index >= 15 is 0 Å². The molecular weight excluding hydrogens is 356 g/mol. The van der Waals surface area contributed by atoms with Crippen LogP contribution in [-0.4, -0.2) is 41.4 Å². The van der Waals surface area contributed by atoms with Crippen LogP contribution in [0.2, 0.25) is 0 Å². The van der Waals surface area contributed by atoms with Crippen LogP contribution >= 0.6 is 0 Å². The summed E-state index contributed by atoms with van der Waals surface area (Å²) in [7, 11) is 0. The lowest BCUT2D eigenvalue weighted by Gasteiger charge is -2.29. The normalized spacial score (nSPS) is 12.5. The second-order valence-electron chi connectivity index (χ2n) is 6.45. The molecule has 0 spiro atoms. The Morgan fingerprint density at radius 1 is 1.21 bits per heavy atom. The van der Waals surface area contributed by atoms with Gasteiger partial charge in [0, 0.05) is 38.3 Å². The highest BCUT2D eigenvalue weighted by atomic mass is 16.5. The lowest BCUT2D eigenvalue weighted by atomic mass is 10.1. The molecule has 1 aromatic carbocycles. The van der Waals surface area contributed by atoms with Crippen molar-refractivity contribution in [1.29, 1.82) is 5.26 Å². The molecule has 3 rings (SSSR count). The lowest BCUT2D eigenvalue weighted by molar-refractivity contribution is -0.133. The molecule has 1 aliphatic rings. The maximum Gasteiger partial charge on any atom is 0.227 e. The Bertz CT molecular complexity index is 863. The predicted octanol–water partition coefficient (Wildman–Crippen LogP) is 2.53. The van der Waals surface area contributed by atoms with Gasteiger partial charge in [-0.2, -0.15) is 5.26 Å². The fourth-order valence-electron chi connectivity index (χ4n) is 3.12. The average Bonchev–Trinajstić information content (AvgIpc) is 2.75. The van der Waals surface area contributed by atoms with Crippen molar-refractivity contribution < 1.29 is 14.3 Å². The molecule has 0 aliphatic carbocycles. The molecule has 7 nitrogen and oxygen atoms in total. The third-order valence-corrected chi connectivity index (χ3v) is 4.52. The molecule has 2 amide bonds. The summed E-state index contributed by atoms with van der Waals surface area (Å²) >= 11 is 0. The first-order valence-corrected chi connectivity index (χ1v) is 9.25. The summed E-state index contributed by atoms with van der Waals surface area (Å²) in [5.74, 6) is 0.431. The summed E-state index contributed by atoms with van der Waals surface area (Å²) in [6, 6.07) is 13.2. The fourth-order valence-corrected chi connectivity index (χ4v) is 3.12. The lowest BCUT2D eigenvalue weighted by Crippen LogP contribution is -2.39. The smallest absolute Gasteiger partial charge is 0.227 e. The number of hydrogen-bond acceptors (Lipinski definition) is 5. The standard InChI is InChI=1S/C21H22N4O3/c22-10-4-12-24(16-17-5-3-11-23-15-17)20(26)8-9-21(27)25-13-14-28-19-7-2-1-6-18(19)25/h1-3,5-7,11,15H,4,8-9,12-14,16H2. The van der Waals surface area contributed by atoms with Crippen molar-refractivity contribution in [2.24, 2.45) is 0 Å². The quantitative estimate of drug-likeness (QED) is 0.739. The van der Waals surface area contributed by atoms with E-state index in [1.807, 2.05) is 36.4 Å². The van der Waals surface area contributed by atoms with Crippen molar-refractivity contribution in [2.75, 3.05) is 24.6 Å². The van der Waals surface area contributed by atoms with Gasteiger partial charge in [0.15, 0.2) is 0 Å². The number of hydrogen-bond donors (Lipinski definition) is 0. The Morgan fingerprint density at radius 2 is 2.07 bits per heavy atom. The van der Waals surface area contributed by atoms with E-state index in [4.69, 9.17) is 10.00 Å². The minimum absolute atomic E-state index is 0.101. The molecule has 0 bridgehead atoms. The number of nitriles is 1. The number of para-hydroxylation sites is 2. The number of carbonyl (C=O) groups excluding carboxylic acids is 2. The molecule has 1 aliphatic heterocycles. The van der Waals surface area contributed by atoms with Crippen LogP contribution < -0.4 is 9.64 Å². The highest BCUT2D eigenvalue weighted by Gasteiger charge is 2.24. The number of ether oxygens (including phenoxy) is 1. The van der Waals surface area contributed by atoms with E-state index in [1.165, 1.54) is 0 Å². The summed E-state index contributed by atoms with van der Waals surface area (Å²) in [5.41, 5.74) is 1.63. The van der Waals surface area contributed by atoms with Gasteiger partial charge in [0.1, 0.15) is 12.4 Å². The molecule has 2 heterocycles. The van der Waals surface area contributed by atoms with E-state index in [1.54, 1.807) is 22.2 Å². The van der Waals surface area contributed by atoms with Gasteiger partial charge in [-0.3, -0.25) is 14.6 Å². The Morgan fingerprint density at radius 3 is 2.86 bits per heavy atom. The van der Waals surface area contributed by atoms with Crippen molar-refractivity contribution >= 4 is 17.5 Å². The summed E-state index contributed by atoms with van der Waals surface area (Å²) < 4.78 is 5.57. The molecular formula is C21H22N4O3. The maximum atomic E-state index is 12.7. The van der Waals surface area contributed by atoms with Gasteiger partial charge in [0.2, 0.25) is 11.8 Å². The topological polar surface area (TPSA) is 86.5 Å². The SMILES string of the molecule is N#CCCN(Cc1cccnc1)C(=O)CCC(=O)N1CCOc2ccccc21. The van der Waals surface area contributed by atoms with Crippen molar-refractivity contribution in [2.45, 2.75) is 25.8 Å². The fraction of sp³-hybridized carbons (Fsp3) is 0.333. The molecule has 0 N–H and O–H groups in total. The third-order valence-electron chi connectivity index (χ3n) is 4.52. The van der Waals surface area contributed by atoms with Gasteiger partial charge >= 0.3 is 0 Å². The first-order chi connectivity index (χ1) is 13.7. The molecule has 0 atom stereocenters. The molecule has 0 saturated carbocycles. The zero-order chi connectivity index (χ0) is 19.8. The van der Waals surface area contributed by atoms with Gasteiger partial charge in [-0.05, 0) is 23.8 Å². The zero-order valence-corrected chi connectivity index (χ0v) is 15.6. The molecule has 7 heteroatoms. The number of amides is 2. The van der Waals surface area contributed by atoms with Crippen LogP contribution in [0, 0.1) is 11.3 Å². The van der Waals surface area contributed by atoms with E-state index < -0.39 is 0 Å². The van der Waals surface area contributed by atoms with Gasteiger partial charge in [-0.25, -0.2) is 0 Å². The highest BCUT2D eigenvalue weighted by molar-refractivity contribution is 5.97. The minimum Gasteiger partial charge on any atom is -0.490 e. The molecule has 0 saturated heterocycles. The highest BCUT2D eigenvalue weighted by Crippen LogP contribution is 2.31. The number of anilines is 1. The van der Waals surface area contributed by atoms with Crippen LogP contribution in [0.5, 0.6) is 5.75 Å². The van der Waals surface area contributed by atoms with Crippen molar-refractivity contribution in [3.63, 3.8) is 0 Å². The first-order valence-electron chi connectivity index (χ1n) is 9.25. The molecule has 0 radical (unpaired) electrons. The van der Waals surface area contributed by atoms with E-state index in [-0.39, 0.29) is 31.1 Å². The maximum absolute atomic E-state index is 12.7. The number of carbonyl (C=O) groups is 2. The number of aromatic nitrogens is 1. The van der Waals surface area contributed by atoms with Gasteiger partial charge in [0.25, 0.3) is 0 Å². The van der Waals surface area contributed by atoms with Crippen LogP contribution in [0.4, 0.5) is 5.69 Å². The van der Waals surface area contributed by atoms with Crippen molar-refractivity contribution in [3.8, 4) is 11.8 Å². The Hall–Kier alpha value is -3.40. The van der Waals surface area contributed by atoms with Gasteiger partial charge in [-0.1, -0.05) is 18.2 Å². The van der Waals surface area contributed by atoms with Crippen LogP contribution in [0.15, 0.2) is 48.8 Å². The second kappa shape index (κ2) is 9.51. The van der Waals surface area contributed by atoms with Crippen LogP contribution in [0.25, 0.3) is 0 Å². The van der Waals surface area contributed by atoms with E-state index in [2.05, 4.69) is 11.1 Å². The van der Waals surface area contributed by atoms with Crippen LogP contribution in [-0.2, 0) is 16.1 Å². The number of nitrogens with zero attached hydrogens (tertiary/aromatic N) is 4. The molecule has 2 aromatic rings. The summed E-state index contributed by atoms with van der Waals surface area (Å²) in [6.07, 6.45) is 3.83. The summed E-state index contributed by atoms with van der Waals surface area (Å²) in [5, 5.41) is 8.87. The van der Waals surface area contributed by atoms with Crippen LogP contribution in [0.1, 0.15) is 24.8 Å². The molecule has 0 fully saturated rings. The summed E-state index contributed by atoms with van der Waals surface area (Å²) in [4.78, 5) is 32.7. The number of benzene rings is 1. The third kappa shape index (κ3) is 4.86. The molecule has 1 aromatic heterocycles. The minimum atomic E-state index is -0.144. The zero-order valence-electron chi connectivity index (χ0n) is 15.6. The van der Waals surface area contributed by atoms with Gasteiger partial charge in [-0.15, -0.1) is 0 Å². The van der Waals surface area contributed by atoms with Crippen LogP contribution in [0.3, 0.4) is 0 Å². The first kappa shape index (κ1) is 19.4. The van der Waals surface area contributed by atoms with Gasteiger partial charge in [0.05, 0.1) is 24.7 Å². The number of rotatable bonds is 7. The van der Waals surface area contributed by atoms with Crippen molar-refractivity contribution in [3.05, 3.63) is 54.4 Å². The van der Waals surface area contributed by atoms with E-state index in [0.29, 0.717) is 32.0 Å².